The summed E-state index contributed by atoms with van der Waals surface area (Å²) in [5, 5.41) is 13.5. The highest BCUT2D eigenvalue weighted by molar-refractivity contribution is 7.92. The number of benzene rings is 3. The molecule has 0 saturated heterocycles. The first-order valence-corrected chi connectivity index (χ1v) is 13.5. The Labute approximate surface area is 219 Å². The van der Waals surface area contributed by atoms with Gasteiger partial charge in [0.1, 0.15) is 5.82 Å². The van der Waals surface area contributed by atoms with Crippen molar-refractivity contribution in [2.45, 2.75) is 38.6 Å². The maximum absolute atomic E-state index is 13.3. The fourth-order valence-corrected chi connectivity index (χ4v) is 5.72. The van der Waals surface area contributed by atoms with Crippen molar-refractivity contribution in [2.75, 3.05) is 4.72 Å². The quantitative estimate of drug-likeness (QED) is 0.274. The molecule has 0 bridgehead atoms. The zero-order valence-electron chi connectivity index (χ0n) is 21.1. The van der Waals surface area contributed by atoms with E-state index < -0.39 is 16.0 Å². The molecule has 0 fully saturated rings. The van der Waals surface area contributed by atoms with Crippen molar-refractivity contribution in [3.63, 3.8) is 0 Å². The van der Waals surface area contributed by atoms with Crippen molar-refractivity contribution in [3.05, 3.63) is 94.9 Å². The number of hydrogen-bond donors (Lipinski definition) is 2. The molecule has 0 saturated carbocycles. The van der Waals surface area contributed by atoms with E-state index in [4.69, 9.17) is 4.52 Å². The number of aryl methyl sites for hydroxylation is 2. The van der Waals surface area contributed by atoms with Crippen LogP contribution in [0, 0.1) is 13.8 Å². The second-order valence-electron chi connectivity index (χ2n) is 8.97. The van der Waals surface area contributed by atoms with E-state index in [0.717, 1.165) is 17.0 Å². The number of nitrogens with one attached hydrogen (secondary N) is 1. The van der Waals surface area contributed by atoms with Crippen molar-refractivity contribution in [2.24, 2.45) is 0 Å². The van der Waals surface area contributed by atoms with Crippen molar-refractivity contribution < 1.29 is 22.8 Å². The monoisotopic (exact) mass is 530 g/mol. The number of fused-ring (bicyclic) bond motifs is 1. The number of carbonyl (C=O) groups is 1. The van der Waals surface area contributed by atoms with Gasteiger partial charge in [-0.05, 0) is 43.2 Å². The third kappa shape index (κ3) is 4.54. The van der Waals surface area contributed by atoms with Gasteiger partial charge in [0.15, 0.2) is 0 Å². The smallest absolute Gasteiger partial charge is 0.337 e. The van der Waals surface area contributed by atoms with Crippen molar-refractivity contribution in [3.8, 4) is 11.1 Å². The van der Waals surface area contributed by atoms with Gasteiger partial charge in [-0.3, -0.25) is 0 Å². The molecule has 3 aromatic carbocycles. The number of aromatic nitrogens is 3. The largest absolute Gasteiger partial charge is 0.478 e. The summed E-state index contributed by atoms with van der Waals surface area (Å²) in [7, 11) is -3.95. The molecule has 0 aliphatic carbocycles. The van der Waals surface area contributed by atoms with Crippen LogP contribution in [0.3, 0.4) is 0 Å². The lowest BCUT2D eigenvalue weighted by molar-refractivity contribution is 0.0698. The second-order valence-corrected chi connectivity index (χ2v) is 10.6. The minimum absolute atomic E-state index is 0.0904. The van der Waals surface area contributed by atoms with E-state index in [-0.39, 0.29) is 16.3 Å². The van der Waals surface area contributed by atoms with E-state index in [1.807, 2.05) is 41.8 Å². The molecule has 2 N–H and O–H groups in total. The molecule has 2 aromatic heterocycles. The minimum Gasteiger partial charge on any atom is -0.478 e. The predicted octanol–water partition coefficient (Wildman–Crippen LogP) is 5.42. The van der Waals surface area contributed by atoms with E-state index in [0.29, 0.717) is 40.8 Å². The van der Waals surface area contributed by atoms with E-state index in [1.165, 1.54) is 0 Å². The molecule has 194 valence electrons. The van der Waals surface area contributed by atoms with E-state index in [1.54, 1.807) is 50.2 Å². The van der Waals surface area contributed by atoms with Crippen molar-refractivity contribution in [1.82, 2.24) is 14.7 Å². The van der Waals surface area contributed by atoms with Gasteiger partial charge in [0.05, 0.1) is 27.2 Å². The summed E-state index contributed by atoms with van der Waals surface area (Å²) < 4.78 is 36.1. The number of anilines is 1. The number of para-hydroxylation sites is 1. The molecule has 0 radical (unpaired) electrons. The van der Waals surface area contributed by atoms with Gasteiger partial charge >= 0.3 is 5.97 Å². The zero-order valence-corrected chi connectivity index (χ0v) is 21.9. The summed E-state index contributed by atoms with van der Waals surface area (Å²) in [6, 6.07) is 19.4. The first kappa shape index (κ1) is 25.2. The molecule has 0 amide bonds. The molecular weight excluding hydrogens is 504 g/mol. The first-order valence-electron chi connectivity index (χ1n) is 12.0. The Morgan fingerprint density at radius 1 is 1.03 bits per heavy atom. The highest BCUT2D eigenvalue weighted by Gasteiger charge is 2.23. The maximum Gasteiger partial charge on any atom is 0.337 e. The number of sulfonamides is 1. The van der Waals surface area contributed by atoms with Crippen molar-refractivity contribution in [1.29, 1.82) is 0 Å². The molecule has 5 rings (SSSR count). The van der Waals surface area contributed by atoms with Crippen LogP contribution in [0.1, 0.15) is 39.9 Å². The Kier molecular flexibility index (Phi) is 6.50. The highest BCUT2D eigenvalue weighted by Crippen LogP contribution is 2.31. The Hall–Kier alpha value is -4.44. The fraction of sp³-hybridized carbons (Fsp3) is 0.179. The third-order valence-corrected chi connectivity index (χ3v) is 7.95. The summed E-state index contributed by atoms with van der Waals surface area (Å²) >= 11 is 0. The Morgan fingerprint density at radius 3 is 2.42 bits per heavy atom. The van der Waals surface area contributed by atoms with Gasteiger partial charge < -0.3 is 14.2 Å². The molecule has 0 aliphatic rings. The second kappa shape index (κ2) is 9.79. The van der Waals surface area contributed by atoms with Gasteiger partial charge in [0.2, 0.25) is 5.88 Å². The molecule has 0 unspecified atom stereocenters. The highest BCUT2D eigenvalue weighted by atomic mass is 32.2. The summed E-state index contributed by atoms with van der Waals surface area (Å²) in [5.74, 6) is -0.122. The van der Waals surface area contributed by atoms with Gasteiger partial charge in [0.25, 0.3) is 10.0 Å². The molecule has 9 nitrogen and oxygen atoms in total. The minimum atomic E-state index is -3.95. The number of carboxylic acid groups (broad SMARTS) is 1. The number of hydrogen-bond acceptors (Lipinski definition) is 6. The molecule has 5 aromatic rings. The zero-order chi connectivity index (χ0) is 27.0. The molecule has 10 heteroatoms. The van der Waals surface area contributed by atoms with E-state index in [2.05, 4.69) is 14.9 Å². The van der Waals surface area contributed by atoms with Gasteiger partial charge in [-0.15, -0.1) is 0 Å². The predicted molar refractivity (Wildman–Crippen MR) is 144 cm³/mol. The van der Waals surface area contributed by atoms with E-state index in [9.17, 15) is 18.3 Å². The molecule has 38 heavy (non-hydrogen) atoms. The standard InChI is InChI=1S/C28H26N4O5S/c1-4-25-29-23-10-7-9-22(28(33)34)26(23)32(25)16-19-12-14-20(15-13-19)21-8-5-6-11-24(21)38(35,36)31-27-17(2)18(3)30-37-27/h5-15,31H,4,16H2,1-3H3,(H,33,34). The normalized spacial score (nSPS) is 11.7. The number of nitrogens with zero attached hydrogens (tertiary/aromatic N) is 3. The van der Waals surface area contributed by atoms with Crippen molar-refractivity contribution >= 4 is 32.9 Å². The van der Waals surface area contributed by atoms with Gasteiger partial charge in [-0.25, -0.2) is 22.9 Å². The topological polar surface area (TPSA) is 127 Å². The lowest BCUT2D eigenvalue weighted by atomic mass is 10.0. The summed E-state index contributed by atoms with van der Waals surface area (Å²) in [6.07, 6.45) is 0.647. The van der Waals surface area contributed by atoms with Crippen LogP contribution in [0.4, 0.5) is 5.88 Å². The number of rotatable bonds is 8. The van der Waals surface area contributed by atoms with E-state index >= 15 is 0 Å². The number of imidazole rings is 1. The van der Waals surface area contributed by atoms with Crippen LogP contribution in [0.2, 0.25) is 0 Å². The number of aromatic carboxylic acids is 1. The molecule has 0 atom stereocenters. The average Bonchev–Trinajstić information content (AvgIpc) is 3.43. The fourth-order valence-electron chi connectivity index (χ4n) is 4.45. The SMILES string of the molecule is CCc1nc2cccc(C(=O)O)c2n1Cc1ccc(-c2ccccc2S(=O)(=O)Nc2onc(C)c2C)cc1. The Bertz CT molecular complexity index is 1770. The Balaban J connectivity index is 1.48. The first-order chi connectivity index (χ1) is 18.2. The molecule has 0 spiro atoms. The van der Waals surface area contributed by atoms with Gasteiger partial charge in [-0.1, -0.05) is 60.6 Å². The third-order valence-electron chi connectivity index (χ3n) is 6.56. The summed E-state index contributed by atoms with van der Waals surface area (Å²) in [5.41, 5.74) is 4.85. The van der Waals surface area contributed by atoms with Crippen LogP contribution in [-0.2, 0) is 23.0 Å². The molecule has 0 aliphatic heterocycles. The van der Waals surface area contributed by atoms with Crippen LogP contribution in [0.25, 0.3) is 22.2 Å². The number of carboxylic acids is 1. The Morgan fingerprint density at radius 2 is 1.76 bits per heavy atom. The summed E-state index contributed by atoms with van der Waals surface area (Å²) in [4.78, 5) is 16.6. The summed E-state index contributed by atoms with van der Waals surface area (Å²) in [6.45, 7) is 5.88. The van der Waals surface area contributed by atoms with Crippen LogP contribution in [-0.4, -0.2) is 34.2 Å². The average molecular weight is 531 g/mol. The maximum atomic E-state index is 13.3. The van der Waals surface area contributed by atoms with Crippen LogP contribution in [0.5, 0.6) is 0 Å². The lowest BCUT2D eigenvalue weighted by Crippen LogP contribution is -2.14. The van der Waals surface area contributed by atoms with Crippen LogP contribution < -0.4 is 4.72 Å². The molecular formula is C28H26N4O5S. The van der Waals surface area contributed by atoms with Gasteiger partial charge in [0, 0.05) is 24.1 Å². The van der Waals surface area contributed by atoms with Gasteiger partial charge in [-0.2, -0.15) is 0 Å². The molecule has 2 heterocycles. The van der Waals surface area contributed by atoms with Crippen LogP contribution >= 0.6 is 0 Å². The lowest BCUT2D eigenvalue weighted by Gasteiger charge is -2.13. The van der Waals surface area contributed by atoms with Crippen LogP contribution in [0.15, 0.2) is 76.1 Å².